The summed E-state index contributed by atoms with van der Waals surface area (Å²) < 4.78 is 5.32. The number of aromatic nitrogens is 2. The topological polar surface area (TPSA) is 96.4 Å². The highest BCUT2D eigenvalue weighted by atomic mass is 35.5. The van der Waals surface area contributed by atoms with Crippen LogP contribution in [-0.2, 0) is 5.41 Å². The lowest BCUT2D eigenvalue weighted by Gasteiger charge is -2.14. The van der Waals surface area contributed by atoms with Crippen molar-refractivity contribution in [3.05, 3.63) is 82.1 Å². The Hall–Kier alpha value is -3.45. The Balaban J connectivity index is 1.57. The molecule has 0 saturated carbocycles. The van der Waals surface area contributed by atoms with Crippen molar-refractivity contribution in [3.8, 4) is 5.75 Å². The molecule has 154 valence electrons. The van der Waals surface area contributed by atoms with Crippen LogP contribution in [0.3, 0.4) is 0 Å². The molecule has 0 radical (unpaired) electrons. The van der Waals surface area contributed by atoms with Gasteiger partial charge in [-0.05, 0) is 48.0 Å². The van der Waals surface area contributed by atoms with Crippen LogP contribution in [-0.4, -0.2) is 28.3 Å². The molecule has 0 aliphatic rings. The zero-order valence-electron chi connectivity index (χ0n) is 16.8. The van der Waals surface area contributed by atoms with Gasteiger partial charge in [0, 0.05) is 11.1 Å². The van der Waals surface area contributed by atoms with E-state index in [2.05, 4.69) is 20.7 Å². The minimum absolute atomic E-state index is 0.133. The number of aromatic amines is 1. The van der Waals surface area contributed by atoms with Gasteiger partial charge >= 0.3 is 5.97 Å². The molecule has 0 aliphatic carbocycles. The number of halogens is 1. The van der Waals surface area contributed by atoms with Gasteiger partial charge in [0.25, 0.3) is 5.91 Å². The molecule has 2 aromatic carbocycles. The van der Waals surface area contributed by atoms with Crippen LogP contribution in [0, 0.1) is 0 Å². The molecule has 0 fully saturated rings. The second kappa shape index (κ2) is 8.92. The van der Waals surface area contributed by atoms with Crippen molar-refractivity contribution in [2.45, 2.75) is 26.2 Å². The summed E-state index contributed by atoms with van der Waals surface area (Å²) in [6, 6.07) is 15.0. The summed E-state index contributed by atoms with van der Waals surface area (Å²) in [5.74, 6) is -0.585. The molecular weight excluding hydrogens is 404 g/mol. The summed E-state index contributed by atoms with van der Waals surface area (Å²) in [4.78, 5) is 24.3. The molecule has 1 heterocycles. The Morgan fingerprint density at radius 1 is 1.13 bits per heavy atom. The fourth-order valence-electron chi connectivity index (χ4n) is 2.46. The van der Waals surface area contributed by atoms with Gasteiger partial charge in [-0.25, -0.2) is 10.2 Å². The second-order valence-electron chi connectivity index (χ2n) is 7.55. The van der Waals surface area contributed by atoms with Crippen molar-refractivity contribution < 1.29 is 14.3 Å². The first-order chi connectivity index (χ1) is 14.2. The lowest BCUT2D eigenvalue weighted by atomic mass is 9.92. The number of ether oxygens (including phenoxy) is 1. The van der Waals surface area contributed by atoms with E-state index >= 15 is 0 Å². The van der Waals surface area contributed by atoms with E-state index < -0.39 is 11.9 Å². The van der Waals surface area contributed by atoms with Gasteiger partial charge in [0.05, 0.1) is 16.8 Å². The molecule has 0 spiro atoms. The standard InChI is InChI=1S/C22H21ClN4O3/c1-22(2,3)19-12-18(25-26-19)20(28)27-24-13-14-8-10-15(11-9-14)30-21(29)16-6-4-5-7-17(16)23/h4-13H,1-3H3,(H,25,26)(H,27,28). The van der Waals surface area contributed by atoms with Gasteiger partial charge in [-0.15, -0.1) is 0 Å². The van der Waals surface area contributed by atoms with Gasteiger partial charge in [0.1, 0.15) is 5.75 Å². The Morgan fingerprint density at radius 3 is 2.47 bits per heavy atom. The monoisotopic (exact) mass is 424 g/mol. The second-order valence-corrected chi connectivity index (χ2v) is 7.96. The number of nitrogens with one attached hydrogen (secondary N) is 2. The van der Waals surface area contributed by atoms with Crippen molar-refractivity contribution in [1.29, 1.82) is 0 Å². The Kier molecular flexibility index (Phi) is 6.32. The summed E-state index contributed by atoms with van der Waals surface area (Å²) in [5.41, 5.74) is 4.43. The Labute approximate surface area is 179 Å². The lowest BCUT2D eigenvalue weighted by molar-refractivity contribution is 0.0734. The first kappa shape index (κ1) is 21.3. The number of esters is 1. The Morgan fingerprint density at radius 2 is 1.83 bits per heavy atom. The highest BCUT2D eigenvalue weighted by Crippen LogP contribution is 2.20. The number of nitrogens with zero attached hydrogens (tertiary/aromatic N) is 2. The van der Waals surface area contributed by atoms with Crippen molar-refractivity contribution >= 4 is 29.7 Å². The van der Waals surface area contributed by atoms with Crippen LogP contribution in [0.5, 0.6) is 5.75 Å². The predicted octanol–water partition coefficient (Wildman–Crippen LogP) is 4.34. The maximum atomic E-state index is 12.2. The third-order valence-corrected chi connectivity index (χ3v) is 4.51. The molecule has 1 aromatic heterocycles. The molecule has 8 heteroatoms. The van der Waals surface area contributed by atoms with Crippen molar-refractivity contribution in [2.75, 3.05) is 0 Å². The highest BCUT2D eigenvalue weighted by Gasteiger charge is 2.19. The van der Waals surface area contributed by atoms with E-state index in [1.165, 1.54) is 6.21 Å². The average molecular weight is 425 g/mol. The van der Waals surface area contributed by atoms with Crippen molar-refractivity contribution in [1.82, 2.24) is 15.6 Å². The molecule has 0 atom stereocenters. The third kappa shape index (κ3) is 5.33. The predicted molar refractivity (Wildman–Crippen MR) is 115 cm³/mol. The van der Waals surface area contributed by atoms with Gasteiger partial charge in [-0.1, -0.05) is 44.5 Å². The number of rotatable bonds is 5. The molecule has 3 rings (SSSR count). The van der Waals surface area contributed by atoms with E-state index in [1.54, 1.807) is 54.6 Å². The fraction of sp³-hybridized carbons (Fsp3) is 0.182. The molecule has 1 amide bonds. The normalized spacial score (nSPS) is 11.5. The number of carbonyl (C=O) groups is 2. The number of hydrogen-bond donors (Lipinski definition) is 2. The number of amides is 1. The maximum absolute atomic E-state index is 12.2. The number of hydrazone groups is 1. The van der Waals surface area contributed by atoms with E-state index in [4.69, 9.17) is 16.3 Å². The average Bonchev–Trinajstić information content (AvgIpc) is 3.20. The first-order valence-electron chi connectivity index (χ1n) is 9.20. The molecule has 0 bridgehead atoms. The summed E-state index contributed by atoms with van der Waals surface area (Å²) in [5, 5.41) is 11.1. The van der Waals surface area contributed by atoms with E-state index in [-0.39, 0.29) is 11.1 Å². The molecule has 0 aliphatic heterocycles. The number of benzene rings is 2. The largest absolute Gasteiger partial charge is 0.423 e. The third-order valence-electron chi connectivity index (χ3n) is 4.18. The van der Waals surface area contributed by atoms with E-state index in [1.807, 2.05) is 20.8 Å². The zero-order valence-corrected chi connectivity index (χ0v) is 17.5. The van der Waals surface area contributed by atoms with Crippen LogP contribution in [0.15, 0.2) is 59.7 Å². The van der Waals surface area contributed by atoms with Gasteiger partial charge in [-0.3, -0.25) is 9.89 Å². The van der Waals surface area contributed by atoms with Crippen LogP contribution < -0.4 is 10.2 Å². The smallest absolute Gasteiger partial charge is 0.345 e. The summed E-state index contributed by atoms with van der Waals surface area (Å²) in [7, 11) is 0. The molecule has 2 N–H and O–H groups in total. The molecule has 3 aromatic rings. The maximum Gasteiger partial charge on any atom is 0.345 e. The first-order valence-corrected chi connectivity index (χ1v) is 9.58. The lowest BCUT2D eigenvalue weighted by Crippen LogP contribution is -2.18. The van der Waals surface area contributed by atoms with Crippen LogP contribution in [0.1, 0.15) is 52.9 Å². The minimum Gasteiger partial charge on any atom is -0.423 e. The number of H-pyrrole nitrogens is 1. The Bertz CT molecular complexity index is 1080. The molecular formula is C22H21ClN4O3. The molecule has 7 nitrogen and oxygen atoms in total. The molecule has 30 heavy (non-hydrogen) atoms. The quantitative estimate of drug-likeness (QED) is 0.275. The van der Waals surface area contributed by atoms with E-state index in [0.29, 0.717) is 21.9 Å². The van der Waals surface area contributed by atoms with Crippen molar-refractivity contribution in [2.24, 2.45) is 5.10 Å². The van der Waals surface area contributed by atoms with Crippen LogP contribution in [0.2, 0.25) is 5.02 Å². The van der Waals surface area contributed by atoms with Crippen LogP contribution in [0.25, 0.3) is 0 Å². The summed E-state index contributed by atoms with van der Waals surface area (Å²) >= 11 is 6.00. The van der Waals surface area contributed by atoms with Crippen LogP contribution >= 0.6 is 11.6 Å². The van der Waals surface area contributed by atoms with Crippen LogP contribution in [0.4, 0.5) is 0 Å². The molecule has 0 unspecified atom stereocenters. The number of hydrogen-bond acceptors (Lipinski definition) is 5. The molecule has 0 saturated heterocycles. The zero-order chi connectivity index (χ0) is 21.7. The summed E-state index contributed by atoms with van der Waals surface area (Å²) in [6.45, 7) is 6.07. The van der Waals surface area contributed by atoms with Gasteiger partial charge in [0.2, 0.25) is 0 Å². The van der Waals surface area contributed by atoms with Gasteiger partial charge < -0.3 is 4.74 Å². The minimum atomic E-state index is -0.539. The van der Waals surface area contributed by atoms with E-state index in [0.717, 1.165) is 5.69 Å². The van der Waals surface area contributed by atoms with E-state index in [9.17, 15) is 9.59 Å². The SMILES string of the molecule is CC(C)(C)c1cc(C(=O)NN=Cc2ccc(OC(=O)c3ccccc3Cl)cc2)n[nH]1. The van der Waals surface area contributed by atoms with Gasteiger partial charge in [-0.2, -0.15) is 10.2 Å². The van der Waals surface area contributed by atoms with Gasteiger partial charge in [0.15, 0.2) is 5.69 Å². The highest BCUT2D eigenvalue weighted by molar-refractivity contribution is 6.33. The summed E-state index contributed by atoms with van der Waals surface area (Å²) in [6.07, 6.45) is 1.48. The fourth-order valence-corrected chi connectivity index (χ4v) is 2.67. The number of carbonyl (C=O) groups excluding carboxylic acids is 2. The van der Waals surface area contributed by atoms with Crippen molar-refractivity contribution in [3.63, 3.8) is 0 Å².